The van der Waals surface area contributed by atoms with Gasteiger partial charge in [0.2, 0.25) is 5.91 Å². The minimum Gasteiger partial charge on any atom is -0.493 e. The number of amides is 2. The van der Waals surface area contributed by atoms with Crippen LogP contribution >= 0.6 is 15.9 Å². The van der Waals surface area contributed by atoms with Crippen molar-refractivity contribution in [2.24, 2.45) is 5.73 Å². The Bertz CT molecular complexity index is 855. The van der Waals surface area contributed by atoms with Gasteiger partial charge in [0.1, 0.15) is 5.82 Å². The smallest absolute Gasteiger partial charge is 0.255 e. The Morgan fingerprint density at radius 1 is 1.23 bits per heavy atom. The third kappa shape index (κ3) is 5.59. The zero-order chi connectivity index (χ0) is 19.1. The van der Waals surface area contributed by atoms with Crippen LogP contribution in [0.5, 0.6) is 11.5 Å². The summed E-state index contributed by atoms with van der Waals surface area (Å²) in [7, 11) is 1.45. The molecule has 0 saturated carbocycles. The van der Waals surface area contributed by atoms with Crippen LogP contribution < -0.4 is 20.5 Å². The largest absolute Gasteiger partial charge is 0.493 e. The van der Waals surface area contributed by atoms with Crippen molar-refractivity contribution >= 4 is 39.5 Å². The first-order chi connectivity index (χ1) is 12.4. The fourth-order valence-corrected chi connectivity index (χ4v) is 2.33. The van der Waals surface area contributed by atoms with Crippen LogP contribution in [0.15, 0.2) is 46.9 Å². The van der Waals surface area contributed by atoms with Crippen LogP contribution in [0.4, 0.5) is 10.1 Å². The maximum absolute atomic E-state index is 13.7. The first-order valence-corrected chi connectivity index (χ1v) is 8.21. The summed E-state index contributed by atoms with van der Waals surface area (Å²) in [6, 6.07) is 9.23. The van der Waals surface area contributed by atoms with E-state index in [1.54, 1.807) is 24.3 Å². The first-order valence-electron chi connectivity index (χ1n) is 7.42. The van der Waals surface area contributed by atoms with Crippen LogP contribution in [0, 0.1) is 5.82 Å². The molecule has 0 fully saturated rings. The van der Waals surface area contributed by atoms with Gasteiger partial charge in [-0.2, -0.15) is 0 Å². The second-order valence-corrected chi connectivity index (χ2v) is 6.03. The lowest BCUT2D eigenvalue weighted by molar-refractivity contribution is -0.120. The van der Waals surface area contributed by atoms with Crippen molar-refractivity contribution in [3.8, 4) is 11.5 Å². The lowest BCUT2D eigenvalue weighted by Gasteiger charge is -2.10. The number of rotatable bonds is 7. The standard InChI is InChI=1S/C18H16BrFN2O4/c1-25-16-8-11(2-6-15(16)26-10-17(21)23)3-7-18(24)22-14-5-4-12(19)9-13(14)20/h2-9H,10H2,1H3,(H2,21,23)(H,22,24). The summed E-state index contributed by atoms with van der Waals surface area (Å²) in [5, 5.41) is 2.45. The molecule has 6 nitrogen and oxygen atoms in total. The first kappa shape index (κ1) is 19.5. The van der Waals surface area contributed by atoms with Crippen LogP contribution in [0.2, 0.25) is 0 Å². The number of carbonyl (C=O) groups excluding carboxylic acids is 2. The molecule has 0 heterocycles. The topological polar surface area (TPSA) is 90.7 Å². The van der Waals surface area contributed by atoms with Crippen LogP contribution in [-0.2, 0) is 9.59 Å². The third-order valence-corrected chi connectivity index (χ3v) is 3.67. The molecule has 136 valence electrons. The lowest BCUT2D eigenvalue weighted by Crippen LogP contribution is -2.20. The number of halogens is 2. The molecule has 2 aromatic rings. The normalized spacial score (nSPS) is 10.6. The number of methoxy groups -OCH3 is 1. The molecule has 0 spiro atoms. The number of benzene rings is 2. The van der Waals surface area contributed by atoms with Gasteiger partial charge in [-0.15, -0.1) is 0 Å². The predicted molar refractivity (Wildman–Crippen MR) is 99.4 cm³/mol. The van der Waals surface area contributed by atoms with Gasteiger partial charge in [0, 0.05) is 10.5 Å². The molecule has 0 saturated heterocycles. The van der Waals surface area contributed by atoms with Crippen LogP contribution in [-0.4, -0.2) is 25.5 Å². The number of hydrogen-bond donors (Lipinski definition) is 2. The zero-order valence-electron chi connectivity index (χ0n) is 13.8. The summed E-state index contributed by atoms with van der Waals surface area (Å²) in [6.07, 6.45) is 2.80. The third-order valence-electron chi connectivity index (χ3n) is 3.17. The quantitative estimate of drug-likeness (QED) is 0.670. The molecule has 0 aromatic heterocycles. The minimum atomic E-state index is -0.604. The summed E-state index contributed by atoms with van der Waals surface area (Å²) in [5.74, 6) is -0.900. The molecule has 0 atom stereocenters. The van der Waals surface area contributed by atoms with Crippen LogP contribution in [0.25, 0.3) is 6.08 Å². The molecule has 2 aromatic carbocycles. The average molecular weight is 423 g/mol. The van der Waals surface area contributed by atoms with Crippen molar-refractivity contribution in [2.45, 2.75) is 0 Å². The number of ether oxygens (including phenoxy) is 2. The number of carbonyl (C=O) groups is 2. The fourth-order valence-electron chi connectivity index (χ4n) is 1.99. The van der Waals surface area contributed by atoms with Crippen molar-refractivity contribution in [3.63, 3.8) is 0 Å². The van der Waals surface area contributed by atoms with Gasteiger partial charge in [-0.1, -0.05) is 22.0 Å². The lowest BCUT2D eigenvalue weighted by atomic mass is 10.2. The monoisotopic (exact) mass is 422 g/mol. The summed E-state index contributed by atoms with van der Waals surface area (Å²) in [4.78, 5) is 22.7. The van der Waals surface area contributed by atoms with E-state index >= 15 is 0 Å². The SMILES string of the molecule is COc1cc(C=CC(=O)Nc2ccc(Br)cc2F)ccc1OCC(N)=O. The molecule has 0 aliphatic carbocycles. The van der Waals surface area contributed by atoms with E-state index in [2.05, 4.69) is 21.2 Å². The highest BCUT2D eigenvalue weighted by Crippen LogP contribution is 2.28. The molecule has 2 rings (SSSR count). The van der Waals surface area contributed by atoms with E-state index in [1.165, 1.54) is 31.4 Å². The Balaban J connectivity index is 2.06. The summed E-state index contributed by atoms with van der Waals surface area (Å²) >= 11 is 3.15. The number of anilines is 1. The van der Waals surface area contributed by atoms with E-state index in [4.69, 9.17) is 15.2 Å². The van der Waals surface area contributed by atoms with Crippen LogP contribution in [0.1, 0.15) is 5.56 Å². The molecule has 2 amide bonds. The van der Waals surface area contributed by atoms with Gasteiger partial charge in [-0.25, -0.2) is 4.39 Å². The molecule has 0 radical (unpaired) electrons. The molecule has 0 unspecified atom stereocenters. The molecule has 8 heteroatoms. The highest BCUT2D eigenvalue weighted by atomic mass is 79.9. The highest BCUT2D eigenvalue weighted by Gasteiger charge is 2.07. The van der Waals surface area contributed by atoms with Gasteiger partial charge in [0.25, 0.3) is 5.91 Å². The molecule has 0 aliphatic heterocycles. The molecule has 0 bridgehead atoms. The van der Waals surface area contributed by atoms with E-state index in [-0.39, 0.29) is 12.3 Å². The van der Waals surface area contributed by atoms with Gasteiger partial charge < -0.3 is 20.5 Å². The van der Waals surface area contributed by atoms with E-state index < -0.39 is 17.6 Å². The minimum absolute atomic E-state index is 0.0793. The van der Waals surface area contributed by atoms with Crippen molar-refractivity contribution in [1.29, 1.82) is 0 Å². The van der Waals surface area contributed by atoms with Crippen molar-refractivity contribution in [3.05, 3.63) is 58.3 Å². The number of hydrogen-bond acceptors (Lipinski definition) is 4. The second-order valence-electron chi connectivity index (χ2n) is 5.11. The zero-order valence-corrected chi connectivity index (χ0v) is 15.4. The van der Waals surface area contributed by atoms with E-state index in [0.29, 0.717) is 21.5 Å². The van der Waals surface area contributed by atoms with Crippen molar-refractivity contribution in [1.82, 2.24) is 0 Å². The average Bonchev–Trinajstić information content (AvgIpc) is 2.60. The van der Waals surface area contributed by atoms with E-state index in [1.807, 2.05) is 0 Å². The van der Waals surface area contributed by atoms with E-state index in [9.17, 15) is 14.0 Å². The second kappa shape index (κ2) is 9.00. The maximum Gasteiger partial charge on any atom is 0.255 e. The van der Waals surface area contributed by atoms with E-state index in [0.717, 1.165) is 0 Å². The van der Waals surface area contributed by atoms with Gasteiger partial charge in [0.05, 0.1) is 12.8 Å². The van der Waals surface area contributed by atoms with Crippen LogP contribution in [0.3, 0.4) is 0 Å². The van der Waals surface area contributed by atoms with Gasteiger partial charge in [-0.05, 0) is 42.0 Å². The number of nitrogens with two attached hydrogens (primary N) is 1. The Morgan fingerprint density at radius 2 is 2.00 bits per heavy atom. The van der Waals surface area contributed by atoms with Gasteiger partial charge in [-0.3, -0.25) is 9.59 Å². The molecular formula is C18H16BrFN2O4. The number of primary amides is 1. The van der Waals surface area contributed by atoms with Gasteiger partial charge >= 0.3 is 0 Å². The van der Waals surface area contributed by atoms with Crippen molar-refractivity contribution in [2.75, 3.05) is 19.0 Å². The Kier molecular flexibility index (Phi) is 6.74. The molecule has 26 heavy (non-hydrogen) atoms. The molecule has 0 aliphatic rings. The predicted octanol–water partition coefficient (Wildman–Crippen LogP) is 3.11. The number of nitrogens with one attached hydrogen (secondary N) is 1. The Hall–Kier alpha value is -2.87. The summed E-state index contributed by atoms with van der Waals surface area (Å²) in [6.45, 7) is -0.271. The highest BCUT2D eigenvalue weighted by molar-refractivity contribution is 9.10. The Morgan fingerprint density at radius 3 is 2.65 bits per heavy atom. The van der Waals surface area contributed by atoms with Crippen molar-refractivity contribution < 1.29 is 23.5 Å². The summed E-state index contributed by atoms with van der Waals surface area (Å²) < 4.78 is 24.7. The molecular weight excluding hydrogens is 407 g/mol. The Labute approximate surface area is 157 Å². The fraction of sp³-hybridized carbons (Fsp3) is 0.111. The summed E-state index contributed by atoms with van der Waals surface area (Å²) in [5.41, 5.74) is 5.77. The maximum atomic E-state index is 13.7. The van der Waals surface area contributed by atoms with Gasteiger partial charge in [0.15, 0.2) is 18.1 Å². The molecule has 3 N–H and O–H groups in total.